The van der Waals surface area contributed by atoms with Crippen LogP contribution in [-0.4, -0.2) is 11.9 Å². The van der Waals surface area contributed by atoms with Gasteiger partial charge >= 0.3 is 11.9 Å². The van der Waals surface area contributed by atoms with Gasteiger partial charge in [0.2, 0.25) is 0 Å². The van der Waals surface area contributed by atoms with Crippen LogP contribution in [0.15, 0.2) is 11.6 Å². The minimum atomic E-state index is -0.337. The lowest BCUT2D eigenvalue weighted by Gasteiger charge is -2.23. The van der Waals surface area contributed by atoms with Crippen molar-refractivity contribution in [1.29, 1.82) is 0 Å². The summed E-state index contributed by atoms with van der Waals surface area (Å²) in [6.45, 7) is 0. The number of hydrogen-bond donors (Lipinski definition) is 0. The largest absolute Gasteiger partial charge is 0.392 e. The quantitative estimate of drug-likeness (QED) is 0.300. The molecule has 0 aromatic heterocycles. The summed E-state index contributed by atoms with van der Waals surface area (Å²) in [7, 11) is 0. The summed E-state index contributed by atoms with van der Waals surface area (Å²) in [6, 6.07) is 0. The highest BCUT2D eigenvalue weighted by Gasteiger charge is 2.54. The van der Waals surface area contributed by atoms with Gasteiger partial charge in [0.05, 0.1) is 11.8 Å². The van der Waals surface area contributed by atoms with E-state index >= 15 is 0 Å². The molecule has 3 heteroatoms. The van der Waals surface area contributed by atoms with Crippen LogP contribution in [0.3, 0.4) is 0 Å². The van der Waals surface area contributed by atoms with Crippen LogP contribution in [0.1, 0.15) is 12.8 Å². The molecule has 3 unspecified atom stereocenters. The molecule has 12 heavy (non-hydrogen) atoms. The lowest BCUT2D eigenvalue weighted by Crippen LogP contribution is -2.36. The van der Waals surface area contributed by atoms with Crippen molar-refractivity contribution in [2.45, 2.75) is 12.8 Å². The monoisotopic (exact) mass is 164 g/mol. The van der Waals surface area contributed by atoms with E-state index in [-0.39, 0.29) is 29.7 Å². The normalized spacial score (nSPS) is 43.0. The highest BCUT2D eigenvalue weighted by Crippen LogP contribution is 2.51. The summed E-state index contributed by atoms with van der Waals surface area (Å²) in [5, 5.41) is 0. The van der Waals surface area contributed by atoms with E-state index in [2.05, 4.69) is 4.74 Å². The van der Waals surface area contributed by atoms with Crippen LogP contribution in [0.25, 0.3) is 0 Å². The van der Waals surface area contributed by atoms with Gasteiger partial charge in [-0.15, -0.1) is 0 Å². The molecular weight excluding hydrogens is 156 g/mol. The molecule has 4 bridgehead atoms. The second-order valence-electron chi connectivity index (χ2n) is 3.69. The van der Waals surface area contributed by atoms with E-state index in [1.54, 1.807) is 0 Å². The maximum absolute atomic E-state index is 11.2. The summed E-state index contributed by atoms with van der Waals surface area (Å²) in [4.78, 5) is 22.4. The van der Waals surface area contributed by atoms with E-state index in [9.17, 15) is 9.59 Å². The van der Waals surface area contributed by atoms with Crippen LogP contribution in [0.5, 0.6) is 0 Å². The summed E-state index contributed by atoms with van der Waals surface area (Å²) in [6.07, 6.45) is 3.91. The van der Waals surface area contributed by atoms with Gasteiger partial charge in [-0.3, -0.25) is 9.59 Å². The molecule has 1 heterocycles. The molecule has 0 spiro atoms. The van der Waals surface area contributed by atoms with Gasteiger partial charge in [0.15, 0.2) is 0 Å². The molecular formula is C9H8O3. The Bertz CT molecular complexity index is 316. The number of carbonyl (C=O) groups excluding carboxylic acids is 2. The van der Waals surface area contributed by atoms with Gasteiger partial charge in [-0.25, -0.2) is 0 Å². The number of esters is 2. The lowest BCUT2D eigenvalue weighted by atomic mass is 9.87. The van der Waals surface area contributed by atoms with Crippen molar-refractivity contribution in [3.8, 4) is 0 Å². The Morgan fingerprint density at radius 3 is 3.00 bits per heavy atom. The predicted molar refractivity (Wildman–Crippen MR) is 38.9 cm³/mol. The van der Waals surface area contributed by atoms with Crippen molar-refractivity contribution >= 4 is 11.9 Å². The van der Waals surface area contributed by atoms with Crippen LogP contribution in [-0.2, 0) is 14.3 Å². The molecule has 2 fully saturated rings. The maximum atomic E-state index is 11.2. The second kappa shape index (κ2) is 1.79. The third-order valence-corrected chi connectivity index (χ3v) is 3.18. The van der Waals surface area contributed by atoms with Crippen molar-refractivity contribution < 1.29 is 14.3 Å². The Kier molecular flexibility index (Phi) is 0.953. The summed E-state index contributed by atoms with van der Waals surface area (Å²) < 4.78 is 4.62. The summed E-state index contributed by atoms with van der Waals surface area (Å²) in [5.41, 5.74) is 1.14. The minimum absolute atomic E-state index is 0.0623. The van der Waals surface area contributed by atoms with Crippen LogP contribution in [0.4, 0.5) is 0 Å². The van der Waals surface area contributed by atoms with Crippen LogP contribution in [0, 0.1) is 17.8 Å². The number of carbonyl (C=O) groups is 2. The molecule has 3 nitrogen and oxygen atoms in total. The number of ether oxygens (including phenoxy) is 1. The van der Waals surface area contributed by atoms with Gasteiger partial charge in [-0.05, 0) is 18.8 Å². The Morgan fingerprint density at radius 1 is 1.33 bits per heavy atom. The van der Waals surface area contributed by atoms with E-state index in [0.29, 0.717) is 0 Å². The zero-order valence-corrected chi connectivity index (χ0v) is 6.45. The van der Waals surface area contributed by atoms with Gasteiger partial charge < -0.3 is 4.74 Å². The minimum Gasteiger partial charge on any atom is -0.392 e. The molecule has 0 N–H and O–H groups in total. The van der Waals surface area contributed by atoms with E-state index in [4.69, 9.17) is 0 Å². The standard InChI is InChI=1S/C9H8O3/c10-8-6-3-4-1-2-5(6)7(4)9(11)12-8/h3,5-7H,1-2H2. The fourth-order valence-corrected chi connectivity index (χ4v) is 2.66. The molecule has 1 aliphatic heterocycles. The van der Waals surface area contributed by atoms with Crippen molar-refractivity contribution in [1.82, 2.24) is 0 Å². The van der Waals surface area contributed by atoms with E-state index in [0.717, 1.165) is 18.4 Å². The van der Waals surface area contributed by atoms with Crippen LogP contribution in [0.2, 0.25) is 0 Å². The molecule has 3 rings (SSSR count). The van der Waals surface area contributed by atoms with Crippen molar-refractivity contribution in [3.05, 3.63) is 11.6 Å². The Morgan fingerprint density at radius 2 is 2.17 bits per heavy atom. The molecule has 0 amide bonds. The van der Waals surface area contributed by atoms with Gasteiger partial charge in [0.1, 0.15) is 0 Å². The van der Waals surface area contributed by atoms with Gasteiger partial charge in [0.25, 0.3) is 0 Å². The van der Waals surface area contributed by atoms with Crippen molar-refractivity contribution in [2.24, 2.45) is 17.8 Å². The Labute approximate surface area is 69.4 Å². The smallest absolute Gasteiger partial charge is 0.321 e. The predicted octanol–water partition coefficient (Wildman–Crippen LogP) is 0.652. The third kappa shape index (κ3) is 0.543. The zero-order chi connectivity index (χ0) is 8.29. The first-order valence-corrected chi connectivity index (χ1v) is 4.23. The molecule has 0 aromatic rings. The van der Waals surface area contributed by atoms with Crippen LogP contribution >= 0.6 is 0 Å². The molecule has 0 aromatic carbocycles. The zero-order valence-electron chi connectivity index (χ0n) is 6.45. The van der Waals surface area contributed by atoms with Crippen molar-refractivity contribution in [3.63, 3.8) is 0 Å². The number of rotatable bonds is 0. The average molecular weight is 164 g/mol. The molecule has 1 saturated heterocycles. The first-order chi connectivity index (χ1) is 5.77. The fraction of sp³-hybridized carbons (Fsp3) is 0.556. The molecule has 62 valence electrons. The summed E-state index contributed by atoms with van der Waals surface area (Å²) in [5.74, 6) is -0.573. The van der Waals surface area contributed by atoms with E-state index in [1.165, 1.54) is 0 Å². The molecule has 1 saturated carbocycles. The number of cyclic esters (lactones) is 2. The average Bonchev–Trinajstić information content (AvgIpc) is 2.55. The van der Waals surface area contributed by atoms with Crippen LogP contribution < -0.4 is 0 Å². The highest BCUT2D eigenvalue weighted by molar-refractivity contribution is 5.96. The maximum Gasteiger partial charge on any atom is 0.321 e. The topological polar surface area (TPSA) is 43.4 Å². The summed E-state index contributed by atoms with van der Waals surface area (Å²) >= 11 is 0. The molecule has 0 radical (unpaired) electrons. The fourth-order valence-electron chi connectivity index (χ4n) is 2.66. The van der Waals surface area contributed by atoms with Gasteiger partial charge in [-0.1, -0.05) is 11.6 Å². The van der Waals surface area contributed by atoms with Crippen molar-refractivity contribution in [2.75, 3.05) is 0 Å². The third-order valence-electron chi connectivity index (χ3n) is 3.18. The van der Waals surface area contributed by atoms with Gasteiger partial charge in [0, 0.05) is 0 Å². The van der Waals surface area contributed by atoms with E-state index in [1.807, 2.05) is 6.08 Å². The molecule has 2 aliphatic carbocycles. The molecule has 3 atom stereocenters. The lowest BCUT2D eigenvalue weighted by molar-refractivity contribution is -0.170. The van der Waals surface area contributed by atoms with Gasteiger partial charge in [-0.2, -0.15) is 0 Å². The molecule has 3 aliphatic rings. The number of hydrogen-bond acceptors (Lipinski definition) is 3. The second-order valence-corrected chi connectivity index (χ2v) is 3.69. The Hall–Kier alpha value is -1.12. The first-order valence-electron chi connectivity index (χ1n) is 4.23. The SMILES string of the molecule is O=C1OC(=O)C2C3=CC1C2CC3. The van der Waals surface area contributed by atoms with E-state index < -0.39 is 0 Å². The first kappa shape index (κ1) is 6.40. The Balaban J connectivity index is 2.13. The highest BCUT2D eigenvalue weighted by atomic mass is 16.6.